The molecular formula is C11H11N3O3. The average molecular weight is 233 g/mol. The maximum Gasteiger partial charge on any atom is 0.359 e. The molecule has 6 nitrogen and oxygen atoms in total. The summed E-state index contributed by atoms with van der Waals surface area (Å²) in [4.78, 5) is 10.8. The van der Waals surface area contributed by atoms with Crippen LogP contribution in [0.1, 0.15) is 23.0 Å². The zero-order valence-corrected chi connectivity index (χ0v) is 9.17. The Labute approximate surface area is 97.2 Å². The molecule has 0 aliphatic carbocycles. The minimum atomic E-state index is -1.15. The predicted octanol–water partition coefficient (Wildman–Crippen LogP) is 1.86. The van der Waals surface area contributed by atoms with E-state index in [2.05, 4.69) is 15.4 Å². The number of carboxylic acid groups (broad SMARTS) is 1. The Hall–Kier alpha value is -2.37. The van der Waals surface area contributed by atoms with Gasteiger partial charge in [0.2, 0.25) is 5.69 Å². The predicted molar refractivity (Wildman–Crippen MR) is 59.2 cm³/mol. The van der Waals surface area contributed by atoms with Gasteiger partial charge in [-0.2, -0.15) is 0 Å². The first-order chi connectivity index (χ1) is 8.22. The molecule has 2 N–H and O–H groups in total. The van der Waals surface area contributed by atoms with Crippen molar-refractivity contribution in [2.24, 2.45) is 0 Å². The number of carboxylic acids is 1. The van der Waals surface area contributed by atoms with Crippen LogP contribution < -0.4 is 4.74 Å². The van der Waals surface area contributed by atoms with Gasteiger partial charge in [-0.3, -0.25) is 0 Å². The third-order valence-corrected chi connectivity index (χ3v) is 2.29. The van der Waals surface area contributed by atoms with Gasteiger partial charge in [0.05, 0.1) is 0 Å². The minimum absolute atomic E-state index is 0.0293. The first-order valence-electron chi connectivity index (χ1n) is 5.12. The second-order valence-electron chi connectivity index (χ2n) is 3.36. The lowest BCUT2D eigenvalue weighted by Gasteiger charge is -2.07. The third-order valence-electron chi connectivity index (χ3n) is 2.29. The highest BCUT2D eigenvalue weighted by Crippen LogP contribution is 2.25. The molecule has 0 aliphatic heterocycles. The number of aromatic amines is 1. The number of para-hydroxylation sites is 1. The normalized spacial score (nSPS) is 10.2. The SMILES string of the molecule is CCc1ccccc1Oc1nn[nH]c1C(=O)O. The van der Waals surface area contributed by atoms with Gasteiger partial charge >= 0.3 is 5.97 Å². The summed E-state index contributed by atoms with van der Waals surface area (Å²) in [5.74, 6) is -0.594. The fourth-order valence-corrected chi connectivity index (χ4v) is 1.43. The lowest BCUT2D eigenvalue weighted by Crippen LogP contribution is -2.00. The Kier molecular flexibility index (Phi) is 3.04. The molecule has 0 atom stereocenters. The fraction of sp³-hybridized carbons (Fsp3) is 0.182. The zero-order chi connectivity index (χ0) is 12.3. The van der Waals surface area contributed by atoms with E-state index in [0.717, 1.165) is 12.0 Å². The number of hydrogen-bond donors (Lipinski definition) is 2. The van der Waals surface area contributed by atoms with Gasteiger partial charge < -0.3 is 9.84 Å². The largest absolute Gasteiger partial charge is 0.476 e. The number of H-pyrrole nitrogens is 1. The number of hydrogen-bond acceptors (Lipinski definition) is 4. The summed E-state index contributed by atoms with van der Waals surface area (Å²) in [5, 5.41) is 18.2. The molecule has 0 bridgehead atoms. The van der Waals surface area contributed by atoms with Crippen LogP contribution in [0.2, 0.25) is 0 Å². The van der Waals surface area contributed by atoms with E-state index < -0.39 is 5.97 Å². The van der Waals surface area contributed by atoms with Crippen LogP contribution in [0.25, 0.3) is 0 Å². The second kappa shape index (κ2) is 4.65. The van der Waals surface area contributed by atoms with Gasteiger partial charge in [0.15, 0.2) is 0 Å². The zero-order valence-electron chi connectivity index (χ0n) is 9.17. The van der Waals surface area contributed by atoms with Crippen molar-refractivity contribution in [2.75, 3.05) is 0 Å². The molecule has 0 saturated carbocycles. The molecule has 1 heterocycles. The highest BCUT2D eigenvalue weighted by Gasteiger charge is 2.17. The molecule has 17 heavy (non-hydrogen) atoms. The van der Waals surface area contributed by atoms with E-state index in [0.29, 0.717) is 5.75 Å². The summed E-state index contributed by atoms with van der Waals surface area (Å²) >= 11 is 0. The quantitative estimate of drug-likeness (QED) is 0.841. The van der Waals surface area contributed by atoms with E-state index in [-0.39, 0.29) is 11.6 Å². The van der Waals surface area contributed by atoms with Gasteiger partial charge in [-0.15, -0.1) is 0 Å². The Morgan fingerprint density at radius 3 is 2.94 bits per heavy atom. The fourth-order valence-electron chi connectivity index (χ4n) is 1.43. The first-order valence-corrected chi connectivity index (χ1v) is 5.12. The number of aromatic carboxylic acids is 1. The van der Waals surface area contributed by atoms with Gasteiger partial charge in [0, 0.05) is 0 Å². The molecule has 0 fully saturated rings. The first kappa shape index (κ1) is 11.1. The van der Waals surface area contributed by atoms with Crippen molar-refractivity contribution >= 4 is 5.97 Å². The van der Waals surface area contributed by atoms with Crippen LogP contribution in [-0.2, 0) is 6.42 Å². The summed E-state index contributed by atoms with van der Waals surface area (Å²) in [6.07, 6.45) is 0.788. The maximum absolute atomic E-state index is 10.8. The van der Waals surface area contributed by atoms with Crippen LogP contribution in [-0.4, -0.2) is 26.5 Å². The number of benzene rings is 1. The topological polar surface area (TPSA) is 88.1 Å². The molecule has 1 aromatic carbocycles. The Morgan fingerprint density at radius 2 is 2.24 bits per heavy atom. The smallest absolute Gasteiger partial charge is 0.359 e. The monoisotopic (exact) mass is 233 g/mol. The number of rotatable bonds is 4. The van der Waals surface area contributed by atoms with Crippen LogP contribution in [0, 0.1) is 0 Å². The van der Waals surface area contributed by atoms with Crippen molar-refractivity contribution in [3.8, 4) is 11.6 Å². The van der Waals surface area contributed by atoms with Crippen molar-refractivity contribution < 1.29 is 14.6 Å². The Balaban J connectivity index is 2.31. The van der Waals surface area contributed by atoms with E-state index in [4.69, 9.17) is 9.84 Å². The van der Waals surface area contributed by atoms with Crippen LogP contribution in [0.15, 0.2) is 24.3 Å². The highest BCUT2D eigenvalue weighted by molar-refractivity contribution is 5.87. The lowest BCUT2D eigenvalue weighted by molar-refractivity contribution is 0.0687. The molecule has 6 heteroatoms. The van der Waals surface area contributed by atoms with E-state index in [1.54, 1.807) is 6.07 Å². The summed E-state index contributed by atoms with van der Waals surface area (Å²) in [6, 6.07) is 7.39. The van der Waals surface area contributed by atoms with Crippen molar-refractivity contribution in [3.63, 3.8) is 0 Å². The van der Waals surface area contributed by atoms with Gasteiger partial charge in [0.1, 0.15) is 5.75 Å². The van der Waals surface area contributed by atoms with Crippen molar-refractivity contribution in [3.05, 3.63) is 35.5 Å². The molecular weight excluding hydrogens is 222 g/mol. The van der Waals surface area contributed by atoms with Crippen molar-refractivity contribution in [1.82, 2.24) is 15.4 Å². The van der Waals surface area contributed by atoms with Crippen LogP contribution in [0.3, 0.4) is 0 Å². The van der Waals surface area contributed by atoms with Crippen molar-refractivity contribution in [1.29, 1.82) is 0 Å². The lowest BCUT2D eigenvalue weighted by atomic mass is 10.1. The summed E-state index contributed by atoms with van der Waals surface area (Å²) in [6.45, 7) is 1.99. The van der Waals surface area contributed by atoms with Gasteiger partial charge in [-0.05, 0) is 18.1 Å². The number of carbonyl (C=O) groups is 1. The average Bonchev–Trinajstić information content (AvgIpc) is 2.78. The van der Waals surface area contributed by atoms with E-state index in [9.17, 15) is 4.79 Å². The minimum Gasteiger partial charge on any atom is -0.476 e. The van der Waals surface area contributed by atoms with E-state index in [1.807, 2.05) is 25.1 Å². The van der Waals surface area contributed by atoms with Crippen LogP contribution >= 0.6 is 0 Å². The number of nitrogens with zero attached hydrogens (tertiary/aromatic N) is 2. The van der Waals surface area contributed by atoms with Gasteiger partial charge in [0.25, 0.3) is 5.88 Å². The molecule has 0 saturated heterocycles. The van der Waals surface area contributed by atoms with Crippen LogP contribution in [0.5, 0.6) is 11.6 Å². The number of nitrogens with one attached hydrogen (secondary N) is 1. The van der Waals surface area contributed by atoms with Gasteiger partial charge in [-0.25, -0.2) is 9.89 Å². The molecule has 0 radical (unpaired) electrons. The molecule has 0 aliphatic rings. The third kappa shape index (κ3) is 2.25. The molecule has 2 aromatic rings. The summed E-state index contributed by atoms with van der Waals surface area (Å²) in [7, 11) is 0. The van der Waals surface area contributed by atoms with Crippen molar-refractivity contribution in [2.45, 2.75) is 13.3 Å². The van der Waals surface area contributed by atoms with E-state index >= 15 is 0 Å². The number of aryl methyl sites for hydroxylation is 1. The molecule has 2 rings (SSSR count). The molecule has 1 aromatic heterocycles. The van der Waals surface area contributed by atoms with Gasteiger partial charge in [-0.1, -0.05) is 35.4 Å². The molecule has 0 amide bonds. The second-order valence-corrected chi connectivity index (χ2v) is 3.36. The summed E-state index contributed by atoms with van der Waals surface area (Å²) < 4.78 is 5.45. The molecule has 88 valence electrons. The molecule has 0 unspecified atom stereocenters. The van der Waals surface area contributed by atoms with Crippen LogP contribution in [0.4, 0.5) is 0 Å². The van der Waals surface area contributed by atoms with E-state index in [1.165, 1.54) is 0 Å². The molecule has 0 spiro atoms. The highest BCUT2D eigenvalue weighted by atomic mass is 16.5. The summed E-state index contributed by atoms with van der Waals surface area (Å²) in [5.41, 5.74) is 0.822. The maximum atomic E-state index is 10.8. The Bertz CT molecular complexity index is 536. The standard InChI is InChI=1S/C11H11N3O3/c1-2-7-5-3-4-6-8(7)17-10-9(11(15)16)12-14-13-10/h3-6H,2H2,1H3,(H,15,16)(H,12,13,14). The number of ether oxygens (including phenoxy) is 1. The number of aromatic nitrogens is 3. The Morgan fingerprint density at radius 1 is 1.47 bits per heavy atom.